The maximum absolute atomic E-state index is 6.17. The number of pyridine rings is 1. The smallest absolute Gasteiger partial charge is 0.176 e. The summed E-state index contributed by atoms with van der Waals surface area (Å²) in [5.74, 6) is 7.67. The van der Waals surface area contributed by atoms with E-state index in [4.69, 9.17) is 16.3 Å². The Balaban J connectivity index is 1.32. The van der Waals surface area contributed by atoms with Crippen molar-refractivity contribution in [1.82, 2.24) is 25.6 Å². The second kappa shape index (κ2) is 10.3. The molecule has 0 aliphatic heterocycles. The summed E-state index contributed by atoms with van der Waals surface area (Å²) < 4.78 is 7.33. The molecular formula is C27H22ClN5OS. The Morgan fingerprint density at radius 1 is 1.11 bits per heavy atom. The van der Waals surface area contributed by atoms with E-state index in [-0.39, 0.29) is 5.92 Å². The van der Waals surface area contributed by atoms with Crippen molar-refractivity contribution in [3.05, 3.63) is 87.8 Å². The fourth-order valence-electron chi connectivity index (χ4n) is 4.00. The van der Waals surface area contributed by atoms with Crippen LogP contribution in [0.5, 0.6) is 5.75 Å². The molecule has 1 atom stereocenters. The van der Waals surface area contributed by atoms with Crippen molar-refractivity contribution in [2.45, 2.75) is 32.8 Å². The lowest BCUT2D eigenvalue weighted by molar-refractivity contribution is 0.306. The van der Waals surface area contributed by atoms with Crippen LogP contribution >= 0.6 is 22.9 Å². The van der Waals surface area contributed by atoms with E-state index in [2.05, 4.69) is 68.0 Å². The Labute approximate surface area is 212 Å². The number of aromatic nitrogens is 5. The predicted molar refractivity (Wildman–Crippen MR) is 140 cm³/mol. The van der Waals surface area contributed by atoms with Crippen LogP contribution in [0.15, 0.2) is 60.1 Å². The normalized spacial score (nSPS) is 11.7. The van der Waals surface area contributed by atoms with E-state index in [1.165, 1.54) is 15.6 Å². The Morgan fingerprint density at radius 3 is 2.74 bits per heavy atom. The number of rotatable bonds is 7. The van der Waals surface area contributed by atoms with E-state index in [1.807, 2.05) is 43.5 Å². The summed E-state index contributed by atoms with van der Waals surface area (Å²) in [6.45, 7) is 4.36. The average molecular weight is 500 g/mol. The number of aromatic amines is 1. The molecule has 0 aliphatic rings. The lowest BCUT2D eigenvalue weighted by Crippen LogP contribution is -2.03. The minimum absolute atomic E-state index is 0.00350. The second-order valence-corrected chi connectivity index (χ2v) is 9.44. The zero-order chi connectivity index (χ0) is 24.2. The first-order chi connectivity index (χ1) is 17.1. The molecule has 6 nitrogen and oxygen atoms in total. The number of tetrazole rings is 1. The average Bonchev–Trinajstić information content (AvgIpc) is 3.54. The van der Waals surface area contributed by atoms with Crippen LogP contribution in [-0.4, -0.2) is 25.6 Å². The highest BCUT2D eigenvalue weighted by Crippen LogP contribution is 2.37. The van der Waals surface area contributed by atoms with Crippen molar-refractivity contribution in [3.8, 4) is 28.7 Å². The number of ether oxygens (including phenoxy) is 1. The minimum atomic E-state index is -0.00350. The van der Waals surface area contributed by atoms with E-state index in [1.54, 1.807) is 11.3 Å². The number of nitrogens with one attached hydrogen (secondary N) is 1. The van der Waals surface area contributed by atoms with Crippen molar-refractivity contribution in [1.29, 1.82) is 0 Å². The van der Waals surface area contributed by atoms with Gasteiger partial charge in [-0.25, -0.2) is 4.98 Å². The van der Waals surface area contributed by atoms with Crippen molar-refractivity contribution in [2.75, 3.05) is 0 Å². The van der Waals surface area contributed by atoms with Crippen LogP contribution in [-0.2, 0) is 13.0 Å². The minimum Gasteiger partial charge on any atom is -0.489 e. The molecule has 0 spiro atoms. The highest BCUT2D eigenvalue weighted by Gasteiger charge is 2.14. The van der Waals surface area contributed by atoms with E-state index in [0.717, 1.165) is 28.0 Å². The summed E-state index contributed by atoms with van der Waals surface area (Å²) in [6, 6.07) is 16.4. The van der Waals surface area contributed by atoms with Gasteiger partial charge in [0, 0.05) is 28.3 Å². The highest BCUT2D eigenvalue weighted by molar-refractivity contribution is 7.17. The fraction of sp³-hybridized carbons (Fsp3) is 0.185. The van der Waals surface area contributed by atoms with Crippen LogP contribution in [0, 0.1) is 18.8 Å². The third-order valence-electron chi connectivity index (χ3n) is 5.78. The van der Waals surface area contributed by atoms with Gasteiger partial charge < -0.3 is 4.74 Å². The molecule has 5 rings (SSSR count). The summed E-state index contributed by atoms with van der Waals surface area (Å²) in [7, 11) is 0. The predicted octanol–water partition coefficient (Wildman–Crippen LogP) is 6.37. The summed E-state index contributed by atoms with van der Waals surface area (Å²) in [4.78, 5) is 4.19. The number of halogens is 1. The van der Waals surface area contributed by atoms with E-state index >= 15 is 0 Å². The van der Waals surface area contributed by atoms with Crippen molar-refractivity contribution in [2.24, 2.45) is 0 Å². The number of H-pyrrole nitrogens is 1. The molecule has 0 bridgehead atoms. The summed E-state index contributed by atoms with van der Waals surface area (Å²) in [5.41, 5.74) is 5.57. The Hall–Kier alpha value is -3.73. The summed E-state index contributed by atoms with van der Waals surface area (Å²) in [6.07, 6.45) is 2.42. The third-order valence-corrected chi connectivity index (χ3v) is 6.95. The monoisotopic (exact) mass is 499 g/mol. The van der Waals surface area contributed by atoms with Gasteiger partial charge in [0.15, 0.2) is 5.82 Å². The summed E-state index contributed by atoms with van der Waals surface area (Å²) >= 11 is 7.90. The van der Waals surface area contributed by atoms with Gasteiger partial charge in [0.25, 0.3) is 0 Å². The molecule has 5 aromatic rings. The van der Waals surface area contributed by atoms with Gasteiger partial charge in [0.2, 0.25) is 0 Å². The third kappa shape index (κ3) is 5.19. The van der Waals surface area contributed by atoms with Crippen molar-refractivity contribution in [3.63, 3.8) is 0 Å². The van der Waals surface area contributed by atoms with Crippen LogP contribution in [0.2, 0.25) is 5.15 Å². The van der Waals surface area contributed by atoms with Gasteiger partial charge in [-0.1, -0.05) is 40.9 Å². The van der Waals surface area contributed by atoms with Gasteiger partial charge in [-0.3, -0.25) is 0 Å². The van der Waals surface area contributed by atoms with Crippen molar-refractivity contribution < 1.29 is 4.74 Å². The van der Waals surface area contributed by atoms with Gasteiger partial charge in [0.1, 0.15) is 17.5 Å². The van der Waals surface area contributed by atoms with E-state index in [9.17, 15) is 0 Å². The molecule has 3 heterocycles. The zero-order valence-corrected chi connectivity index (χ0v) is 20.8. The molecule has 174 valence electrons. The Bertz CT molecular complexity index is 1520. The lowest BCUT2D eigenvalue weighted by Gasteiger charge is -2.11. The molecular weight excluding hydrogens is 478 g/mol. The van der Waals surface area contributed by atoms with Gasteiger partial charge in [-0.05, 0) is 71.8 Å². The van der Waals surface area contributed by atoms with Gasteiger partial charge in [-0.2, -0.15) is 5.21 Å². The van der Waals surface area contributed by atoms with Crippen LogP contribution in [0.25, 0.3) is 21.2 Å². The quantitative estimate of drug-likeness (QED) is 0.208. The maximum Gasteiger partial charge on any atom is 0.176 e. The largest absolute Gasteiger partial charge is 0.489 e. The van der Waals surface area contributed by atoms with Crippen LogP contribution in [0.1, 0.15) is 35.4 Å². The number of nitrogens with zero attached hydrogens (tertiary/aromatic N) is 4. The number of fused-ring (bicyclic) bond motifs is 1. The van der Waals surface area contributed by atoms with Crippen LogP contribution in [0.4, 0.5) is 0 Å². The molecule has 8 heteroatoms. The first-order valence-corrected chi connectivity index (χ1v) is 12.4. The molecule has 35 heavy (non-hydrogen) atoms. The fourth-order valence-corrected chi connectivity index (χ4v) is 5.10. The number of hydrogen-bond donors (Lipinski definition) is 1. The van der Waals surface area contributed by atoms with Crippen LogP contribution < -0.4 is 4.74 Å². The SMILES string of the molecule is CC#C[C@@H](Cc1nn[nH]n1)c1ccc(OCc2ccc3scc(-c4cc(Cl)ncc4C)c3c2)cc1. The maximum atomic E-state index is 6.17. The molecule has 3 aromatic heterocycles. The molecule has 0 saturated carbocycles. The first kappa shape index (κ1) is 23.0. The molecule has 0 unspecified atom stereocenters. The molecule has 0 fully saturated rings. The first-order valence-electron chi connectivity index (χ1n) is 11.1. The highest BCUT2D eigenvalue weighted by atomic mass is 35.5. The van der Waals surface area contributed by atoms with E-state index in [0.29, 0.717) is 24.0 Å². The topological polar surface area (TPSA) is 76.6 Å². The molecule has 0 amide bonds. The molecule has 0 saturated heterocycles. The van der Waals surface area contributed by atoms with Gasteiger partial charge >= 0.3 is 0 Å². The molecule has 1 N–H and O–H groups in total. The Morgan fingerprint density at radius 2 is 1.97 bits per heavy atom. The molecule has 0 aliphatic carbocycles. The van der Waals surface area contributed by atoms with Gasteiger partial charge in [-0.15, -0.1) is 27.5 Å². The lowest BCUT2D eigenvalue weighted by atomic mass is 9.96. The molecule has 2 aromatic carbocycles. The Kier molecular flexibility index (Phi) is 6.75. The zero-order valence-electron chi connectivity index (χ0n) is 19.2. The van der Waals surface area contributed by atoms with E-state index < -0.39 is 0 Å². The molecule has 0 radical (unpaired) electrons. The summed E-state index contributed by atoms with van der Waals surface area (Å²) in [5, 5.41) is 18.1. The van der Waals surface area contributed by atoms with Crippen LogP contribution in [0.3, 0.4) is 0 Å². The number of benzene rings is 2. The van der Waals surface area contributed by atoms with Crippen molar-refractivity contribution >= 4 is 33.0 Å². The number of aryl methyl sites for hydroxylation is 1. The van der Waals surface area contributed by atoms with Gasteiger partial charge in [0.05, 0.1) is 5.92 Å². The number of thiophene rings is 1. The standard InChI is InChI=1S/C27H22ClN5OS/c1-3-4-20(12-27-30-32-33-31-27)19-6-8-21(9-7-19)34-15-18-5-10-25-23(11-18)24(16-35-25)22-13-26(28)29-14-17(22)2/h5-11,13-14,16,20H,12,15H2,1-2H3,(H,30,31,32,33)/t20-/m0/s1. The second-order valence-electron chi connectivity index (χ2n) is 8.14. The number of hydrogen-bond acceptors (Lipinski definition) is 6.